The van der Waals surface area contributed by atoms with Crippen LogP contribution in [0.3, 0.4) is 0 Å². The summed E-state index contributed by atoms with van der Waals surface area (Å²) in [5, 5.41) is 12.5. The molecule has 2 heterocycles. The van der Waals surface area contributed by atoms with E-state index in [0.717, 1.165) is 51.4 Å². The van der Waals surface area contributed by atoms with Crippen LogP contribution in [0.4, 0.5) is 0 Å². The molecular formula is C16H25NO4. The quantitative estimate of drug-likeness (QED) is 0.836. The van der Waals surface area contributed by atoms with E-state index in [4.69, 9.17) is 4.74 Å². The topological polar surface area (TPSA) is 75.6 Å². The number of aliphatic carboxylic acids is 1. The van der Waals surface area contributed by atoms with Crippen LogP contribution in [0.1, 0.15) is 57.8 Å². The Hall–Kier alpha value is -1.10. The number of hydrogen-bond donors (Lipinski definition) is 2. The monoisotopic (exact) mass is 295 g/mol. The summed E-state index contributed by atoms with van der Waals surface area (Å²) in [4.78, 5) is 24.0. The van der Waals surface area contributed by atoms with Gasteiger partial charge in [-0.05, 0) is 32.1 Å². The van der Waals surface area contributed by atoms with Gasteiger partial charge in [0.2, 0.25) is 5.91 Å². The molecule has 21 heavy (non-hydrogen) atoms. The highest BCUT2D eigenvalue weighted by Gasteiger charge is 2.45. The lowest BCUT2D eigenvalue weighted by Gasteiger charge is -2.29. The SMILES string of the molecule is O=C(O)C1CCCCCCC1NC(=O)C1CC2CCC1O2. The lowest BCUT2D eigenvalue weighted by atomic mass is 9.85. The average Bonchev–Trinajstić information content (AvgIpc) is 3.03. The van der Waals surface area contributed by atoms with Crippen molar-refractivity contribution in [3.63, 3.8) is 0 Å². The molecule has 2 bridgehead atoms. The third-order valence-electron chi connectivity index (χ3n) is 5.35. The molecule has 0 radical (unpaired) electrons. The van der Waals surface area contributed by atoms with E-state index in [9.17, 15) is 14.7 Å². The van der Waals surface area contributed by atoms with E-state index >= 15 is 0 Å². The normalized spacial score (nSPS) is 39.5. The van der Waals surface area contributed by atoms with Gasteiger partial charge < -0.3 is 15.2 Å². The molecule has 3 rings (SSSR count). The van der Waals surface area contributed by atoms with Crippen LogP contribution in [0.15, 0.2) is 0 Å². The van der Waals surface area contributed by atoms with Crippen molar-refractivity contribution in [2.75, 3.05) is 0 Å². The highest BCUT2D eigenvalue weighted by atomic mass is 16.5. The van der Waals surface area contributed by atoms with Crippen LogP contribution in [0, 0.1) is 11.8 Å². The second-order valence-electron chi connectivity index (χ2n) is 6.77. The van der Waals surface area contributed by atoms with Gasteiger partial charge in [-0.25, -0.2) is 0 Å². The summed E-state index contributed by atoms with van der Waals surface area (Å²) in [6, 6.07) is -0.213. The summed E-state index contributed by atoms with van der Waals surface area (Å²) >= 11 is 0. The van der Waals surface area contributed by atoms with Gasteiger partial charge in [-0.15, -0.1) is 0 Å². The minimum atomic E-state index is -0.772. The minimum absolute atomic E-state index is 0.0130. The molecule has 0 aromatic carbocycles. The van der Waals surface area contributed by atoms with Crippen molar-refractivity contribution in [1.29, 1.82) is 0 Å². The van der Waals surface area contributed by atoms with Gasteiger partial charge in [0.15, 0.2) is 0 Å². The molecule has 5 heteroatoms. The molecule has 5 unspecified atom stereocenters. The molecule has 118 valence electrons. The molecule has 1 amide bonds. The first-order valence-corrected chi connectivity index (χ1v) is 8.34. The van der Waals surface area contributed by atoms with E-state index in [1.807, 2.05) is 0 Å². The molecule has 5 atom stereocenters. The second kappa shape index (κ2) is 6.34. The van der Waals surface area contributed by atoms with Crippen LogP contribution in [-0.2, 0) is 14.3 Å². The molecule has 0 aromatic heterocycles. The largest absolute Gasteiger partial charge is 0.481 e. The van der Waals surface area contributed by atoms with Crippen molar-refractivity contribution in [2.45, 2.75) is 76.0 Å². The zero-order chi connectivity index (χ0) is 14.8. The number of carboxylic acids is 1. The van der Waals surface area contributed by atoms with Crippen LogP contribution in [-0.4, -0.2) is 35.2 Å². The Morgan fingerprint density at radius 3 is 2.33 bits per heavy atom. The molecule has 1 saturated carbocycles. The molecule has 1 aliphatic carbocycles. The summed E-state index contributed by atoms with van der Waals surface area (Å²) in [7, 11) is 0. The van der Waals surface area contributed by atoms with Crippen molar-refractivity contribution in [3.8, 4) is 0 Å². The number of amides is 1. The first-order valence-electron chi connectivity index (χ1n) is 8.34. The van der Waals surface area contributed by atoms with Gasteiger partial charge in [-0.2, -0.15) is 0 Å². The second-order valence-corrected chi connectivity index (χ2v) is 6.77. The molecule has 2 aliphatic heterocycles. The third kappa shape index (κ3) is 3.23. The van der Waals surface area contributed by atoms with E-state index < -0.39 is 11.9 Å². The predicted octanol–water partition coefficient (Wildman–Crippen LogP) is 2.09. The van der Waals surface area contributed by atoms with Crippen molar-refractivity contribution in [3.05, 3.63) is 0 Å². The number of carbonyl (C=O) groups is 2. The van der Waals surface area contributed by atoms with Crippen molar-refractivity contribution in [1.82, 2.24) is 5.32 Å². The Labute approximate surface area is 125 Å². The summed E-state index contributed by atoms with van der Waals surface area (Å²) in [5.74, 6) is -1.26. The summed E-state index contributed by atoms with van der Waals surface area (Å²) in [6.07, 6.45) is 8.79. The van der Waals surface area contributed by atoms with Crippen LogP contribution in [0.5, 0.6) is 0 Å². The molecule has 5 nitrogen and oxygen atoms in total. The first-order chi connectivity index (χ1) is 10.1. The Bertz CT molecular complexity index is 411. The van der Waals surface area contributed by atoms with E-state index in [-0.39, 0.29) is 30.1 Å². The highest BCUT2D eigenvalue weighted by Crippen LogP contribution is 2.39. The van der Waals surface area contributed by atoms with Gasteiger partial charge in [0.05, 0.1) is 24.0 Å². The zero-order valence-corrected chi connectivity index (χ0v) is 12.4. The lowest BCUT2D eigenvalue weighted by Crippen LogP contribution is -2.47. The Morgan fingerprint density at radius 2 is 1.71 bits per heavy atom. The number of nitrogens with one attached hydrogen (secondary N) is 1. The standard InChI is InChI=1S/C16H25NO4/c18-15(12-9-10-7-8-14(12)21-10)17-13-6-4-2-1-3-5-11(13)16(19)20/h10-14H,1-9H2,(H,17,18)(H,19,20). The molecule has 3 fully saturated rings. The van der Waals surface area contributed by atoms with Crippen molar-refractivity contribution < 1.29 is 19.4 Å². The highest BCUT2D eigenvalue weighted by molar-refractivity contribution is 5.81. The lowest BCUT2D eigenvalue weighted by molar-refractivity contribution is -0.143. The van der Waals surface area contributed by atoms with Crippen LogP contribution >= 0.6 is 0 Å². The van der Waals surface area contributed by atoms with Gasteiger partial charge >= 0.3 is 5.97 Å². The maximum atomic E-state index is 12.5. The van der Waals surface area contributed by atoms with E-state index in [0.29, 0.717) is 6.42 Å². The maximum absolute atomic E-state index is 12.5. The summed E-state index contributed by atoms with van der Waals surface area (Å²) < 4.78 is 5.74. The fourth-order valence-electron chi connectivity index (χ4n) is 4.16. The Balaban J connectivity index is 1.62. The molecule has 2 N–H and O–H groups in total. The molecule has 2 saturated heterocycles. The van der Waals surface area contributed by atoms with Gasteiger partial charge in [-0.1, -0.05) is 25.7 Å². The predicted molar refractivity (Wildman–Crippen MR) is 76.8 cm³/mol. The van der Waals surface area contributed by atoms with Gasteiger partial charge in [0.25, 0.3) is 0 Å². The number of hydrogen-bond acceptors (Lipinski definition) is 3. The maximum Gasteiger partial charge on any atom is 0.308 e. The van der Waals surface area contributed by atoms with Crippen LogP contribution in [0.2, 0.25) is 0 Å². The number of fused-ring (bicyclic) bond motifs is 2. The molecule has 0 spiro atoms. The van der Waals surface area contributed by atoms with Crippen molar-refractivity contribution in [2.24, 2.45) is 11.8 Å². The minimum Gasteiger partial charge on any atom is -0.481 e. The Kier molecular flexibility index (Phi) is 4.48. The van der Waals surface area contributed by atoms with Crippen LogP contribution in [0.25, 0.3) is 0 Å². The number of carbonyl (C=O) groups excluding carboxylic acids is 1. The van der Waals surface area contributed by atoms with Crippen LogP contribution < -0.4 is 5.32 Å². The Morgan fingerprint density at radius 1 is 0.952 bits per heavy atom. The van der Waals surface area contributed by atoms with Gasteiger partial charge in [0, 0.05) is 6.04 Å². The van der Waals surface area contributed by atoms with E-state index in [1.54, 1.807) is 0 Å². The number of carboxylic acid groups (broad SMARTS) is 1. The fraction of sp³-hybridized carbons (Fsp3) is 0.875. The zero-order valence-electron chi connectivity index (χ0n) is 12.4. The number of rotatable bonds is 3. The van der Waals surface area contributed by atoms with Gasteiger partial charge in [-0.3, -0.25) is 9.59 Å². The molecule has 0 aromatic rings. The fourth-order valence-corrected chi connectivity index (χ4v) is 4.16. The summed E-state index contributed by atoms with van der Waals surface area (Å²) in [5.41, 5.74) is 0. The van der Waals surface area contributed by atoms with Crippen molar-refractivity contribution >= 4 is 11.9 Å². The average molecular weight is 295 g/mol. The molecular weight excluding hydrogens is 270 g/mol. The van der Waals surface area contributed by atoms with Gasteiger partial charge in [0.1, 0.15) is 0 Å². The smallest absolute Gasteiger partial charge is 0.308 e. The van der Waals surface area contributed by atoms with E-state index in [1.165, 1.54) is 0 Å². The summed E-state index contributed by atoms with van der Waals surface area (Å²) in [6.45, 7) is 0. The number of ether oxygens (including phenoxy) is 1. The molecule has 3 aliphatic rings. The third-order valence-corrected chi connectivity index (χ3v) is 5.35. The first kappa shape index (κ1) is 14.8. The van der Waals surface area contributed by atoms with E-state index in [2.05, 4.69) is 5.32 Å².